The van der Waals surface area contributed by atoms with Crippen molar-refractivity contribution in [1.29, 1.82) is 0 Å². The fraction of sp³-hybridized carbons (Fsp3) is 0.250. The Morgan fingerprint density at radius 2 is 2.12 bits per heavy atom. The highest BCUT2D eigenvalue weighted by Crippen LogP contribution is 2.33. The highest BCUT2D eigenvalue weighted by Gasteiger charge is 2.14. The van der Waals surface area contributed by atoms with Gasteiger partial charge in [-0.05, 0) is 41.1 Å². The molecule has 0 atom stereocenters. The van der Waals surface area contributed by atoms with Crippen molar-refractivity contribution in [2.75, 3.05) is 12.8 Å². The van der Waals surface area contributed by atoms with Crippen molar-refractivity contribution in [2.45, 2.75) is 6.92 Å². The van der Waals surface area contributed by atoms with Gasteiger partial charge in [0, 0.05) is 22.6 Å². The smallest absolute Gasteiger partial charge is 0.124 e. The summed E-state index contributed by atoms with van der Waals surface area (Å²) in [4.78, 5) is 0. The minimum absolute atomic E-state index is 0.683. The summed E-state index contributed by atoms with van der Waals surface area (Å²) in [7, 11) is 3.48. The molecule has 5 heteroatoms. The Morgan fingerprint density at radius 3 is 2.59 bits per heavy atom. The Hall–Kier alpha value is -1.49. The molecule has 0 fully saturated rings. The molecule has 0 amide bonds. The molecule has 2 N–H and O–H groups in total. The fourth-order valence-electron chi connectivity index (χ4n) is 1.71. The number of methoxy groups -OCH3 is 1. The van der Waals surface area contributed by atoms with Crippen LogP contribution in [0.2, 0.25) is 0 Å². The van der Waals surface area contributed by atoms with Crippen molar-refractivity contribution in [1.82, 2.24) is 9.78 Å². The number of hydrogen-bond donors (Lipinski definition) is 1. The van der Waals surface area contributed by atoms with Gasteiger partial charge < -0.3 is 10.5 Å². The van der Waals surface area contributed by atoms with Crippen LogP contribution < -0.4 is 10.5 Å². The van der Waals surface area contributed by atoms with Crippen LogP contribution in [-0.2, 0) is 7.05 Å². The number of ether oxygens (including phenoxy) is 1. The highest BCUT2D eigenvalue weighted by atomic mass is 79.9. The van der Waals surface area contributed by atoms with Crippen LogP contribution in [0.1, 0.15) is 5.56 Å². The third-order valence-corrected chi connectivity index (χ3v) is 3.43. The standard InChI is InChI=1S/C12H14BrN3O/c1-7-11(15-16(2)12(7)14)9-5-4-8(17-3)6-10(9)13/h4-6H,14H2,1-3H3. The normalized spacial score (nSPS) is 10.6. The predicted molar refractivity (Wildman–Crippen MR) is 72.0 cm³/mol. The maximum absolute atomic E-state index is 5.91. The van der Waals surface area contributed by atoms with Crippen LogP contribution >= 0.6 is 15.9 Å². The molecule has 1 heterocycles. The van der Waals surface area contributed by atoms with Gasteiger partial charge in [0.25, 0.3) is 0 Å². The Kier molecular flexibility index (Phi) is 3.11. The van der Waals surface area contributed by atoms with Gasteiger partial charge in [-0.3, -0.25) is 4.68 Å². The third-order valence-electron chi connectivity index (χ3n) is 2.77. The number of benzene rings is 1. The summed E-state index contributed by atoms with van der Waals surface area (Å²) in [5.74, 6) is 1.49. The summed E-state index contributed by atoms with van der Waals surface area (Å²) in [6.45, 7) is 1.97. The zero-order valence-corrected chi connectivity index (χ0v) is 11.6. The maximum Gasteiger partial charge on any atom is 0.124 e. The zero-order valence-electron chi connectivity index (χ0n) is 9.99. The van der Waals surface area contributed by atoms with Crippen molar-refractivity contribution < 1.29 is 4.74 Å². The molecule has 0 bridgehead atoms. The van der Waals surface area contributed by atoms with Crippen LogP contribution in [0.5, 0.6) is 5.75 Å². The van der Waals surface area contributed by atoms with Gasteiger partial charge in [-0.1, -0.05) is 0 Å². The molecule has 2 aromatic rings. The summed E-state index contributed by atoms with van der Waals surface area (Å²) >= 11 is 3.52. The molecule has 1 aromatic carbocycles. The quantitative estimate of drug-likeness (QED) is 0.927. The van der Waals surface area contributed by atoms with Crippen molar-refractivity contribution >= 4 is 21.7 Å². The van der Waals surface area contributed by atoms with Gasteiger partial charge in [0.05, 0.1) is 12.8 Å². The molecule has 90 valence electrons. The first kappa shape index (κ1) is 12.0. The van der Waals surface area contributed by atoms with E-state index in [2.05, 4.69) is 21.0 Å². The van der Waals surface area contributed by atoms with Gasteiger partial charge in [0.15, 0.2) is 0 Å². The second-order valence-electron chi connectivity index (χ2n) is 3.83. The molecule has 0 aliphatic carbocycles. The molecular weight excluding hydrogens is 282 g/mol. The summed E-state index contributed by atoms with van der Waals surface area (Å²) in [6.07, 6.45) is 0. The predicted octanol–water partition coefficient (Wildman–Crippen LogP) is 2.75. The largest absolute Gasteiger partial charge is 0.497 e. The lowest BCUT2D eigenvalue weighted by atomic mass is 10.1. The van der Waals surface area contributed by atoms with E-state index in [1.165, 1.54) is 0 Å². The maximum atomic E-state index is 5.91. The zero-order chi connectivity index (χ0) is 12.6. The van der Waals surface area contributed by atoms with Gasteiger partial charge in [-0.15, -0.1) is 0 Å². The van der Waals surface area contributed by atoms with E-state index in [0.29, 0.717) is 5.82 Å². The number of hydrogen-bond acceptors (Lipinski definition) is 3. The average Bonchev–Trinajstić information content (AvgIpc) is 2.57. The van der Waals surface area contributed by atoms with Crippen molar-refractivity contribution in [2.24, 2.45) is 7.05 Å². The second-order valence-corrected chi connectivity index (χ2v) is 4.68. The lowest BCUT2D eigenvalue weighted by molar-refractivity contribution is 0.414. The fourth-order valence-corrected chi connectivity index (χ4v) is 2.26. The molecule has 2 rings (SSSR count). The van der Waals surface area contributed by atoms with Crippen molar-refractivity contribution in [3.8, 4) is 17.0 Å². The minimum atomic E-state index is 0.683. The molecule has 0 unspecified atom stereocenters. The molecule has 17 heavy (non-hydrogen) atoms. The molecule has 0 saturated heterocycles. The lowest BCUT2D eigenvalue weighted by Gasteiger charge is -2.05. The Balaban J connectivity index is 2.57. The first-order valence-corrected chi connectivity index (χ1v) is 5.97. The van der Waals surface area contributed by atoms with Crippen LogP contribution in [0, 0.1) is 6.92 Å². The van der Waals surface area contributed by atoms with E-state index < -0.39 is 0 Å². The van der Waals surface area contributed by atoms with Gasteiger partial charge in [0.2, 0.25) is 0 Å². The molecule has 0 radical (unpaired) electrons. The van der Waals surface area contributed by atoms with Crippen LogP contribution in [0.3, 0.4) is 0 Å². The topological polar surface area (TPSA) is 53.1 Å². The molecule has 0 aliphatic rings. The summed E-state index contributed by atoms with van der Waals surface area (Å²) in [5.41, 5.74) is 8.79. The highest BCUT2D eigenvalue weighted by molar-refractivity contribution is 9.10. The van der Waals surface area contributed by atoms with Crippen molar-refractivity contribution in [3.63, 3.8) is 0 Å². The average molecular weight is 296 g/mol. The van der Waals surface area contributed by atoms with Crippen LogP contribution in [0.15, 0.2) is 22.7 Å². The first-order chi connectivity index (χ1) is 8.04. The SMILES string of the molecule is COc1ccc(-c2nn(C)c(N)c2C)c(Br)c1. The van der Waals surface area contributed by atoms with Gasteiger partial charge in [0.1, 0.15) is 11.6 Å². The van der Waals surface area contributed by atoms with Gasteiger partial charge in [-0.25, -0.2) is 0 Å². The number of anilines is 1. The number of aryl methyl sites for hydroxylation is 1. The molecule has 0 aliphatic heterocycles. The number of rotatable bonds is 2. The molecule has 4 nitrogen and oxygen atoms in total. The number of nitrogens with zero attached hydrogens (tertiary/aromatic N) is 2. The number of nitrogen functional groups attached to an aromatic ring is 1. The Labute approximate surface area is 109 Å². The van der Waals surface area contributed by atoms with E-state index >= 15 is 0 Å². The number of nitrogens with two attached hydrogens (primary N) is 1. The van der Waals surface area contributed by atoms with Crippen LogP contribution in [-0.4, -0.2) is 16.9 Å². The van der Waals surface area contributed by atoms with Crippen LogP contribution in [0.4, 0.5) is 5.82 Å². The van der Waals surface area contributed by atoms with E-state index in [1.54, 1.807) is 11.8 Å². The van der Waals surface area contributed by atoms with Gasteiger partial charge in [-0.2, -0.15) is 5.10 Å². The van der Waals surface area contributed by atoms with E-state index in [-0.39, 0.29) is 0 Å². The molecule has 1 aromatic heterocycles. The molecular formula is C12H14BrN3O. The monoisotopic (exact) mass is 295 g/mol. The summed E-state index contributed by atoms with van der Waals surface area (Å²) in [6, 6.07) is 5.79. The second kappa shape index (κ2) is 4.41. The van der Waals surface area contributed by atoms with E-state index in [1.807, 2.05) is 32.2 Å². The Bertz CT molecular complexity index is 563. The van der Waals surface area contributed by atoms with E-state index in [4.69, 9.17) is 10.5 Å². The first-order valence-electron chi connectivity index (χ1n) is 5.17. The van der Waals surface area contributed by atoms with E-state index in [9.17, 15) is 0 Å². The van der Waals surface area contributed by atoms with Gasteiger partial charge >= 0.3 is 0 Å². The number of halogens is 1. The van der Waals surface area contributed by atoms with Crippen molar-refractivity contribution in [3.05, 3.63) is 28.2 Å². The summed E-state index contributed by atoms with van der Waals surface area (Å²) < 4.78 is 7.79. The third kappa shape index (κ3) is 2.02. The Morgan fingerprint density at radius 1 is 1.41 bits per heavy atom. The lowest BCUT2D eigenvalue weighted by Crippen LogP contribution is -1.97. The minimum Gasteiger partial charge on any atom is -0.497 e. The molecule has 0 spiro atoms. The van der Waals surface area contributed by atoms with Crippen LogP contribution in [0.25, 0.3) is 11.3 Å². The number of aromatic nitrogens is 2. The molecule has 0 saturated carbocycles. The van der Waals surface area contributed by atoms with E-state index in [0.717, 1.165) is 27.0 Å². The summed E-state index contributed by atoms with van der Waals surface area (Å²) in [5, 5.41) is 4.42.